The lowest BCUT2D eigenvalue weighted by Gasteiger charge is -2.27. The predicted molar refractivity (Wildman–Crippen MR) is 126 cm³/mol. The Hall–Kier alpha value is -3.73. The van der Waals surface area contributed by atoms with E-state index in [1.54, 1.807) is 31.4 Å². The number of nitrogens with zero attached hydrogens (tertiary/aromatic N) is 1. The molecule has 0 saturated heterocycles. The van der Waals surface area contributed by atoms with Gasteiger partial charge in [0.15, 0.2) is 23.0 Å². The molecule has 5 rings (SSSR count). The van der Waals surface area contributed by atoms with Gasteiger partial charge in [0.25, 0.3) is 0 Å². The molecule has 0 fully saturated rings. The molecule has 0 unspecified atom stereocenters. The van der Waals surface area contributed by atoms with Crippen molar-refractivity contribution < 1.29 is 23.7 Å². The number of halogens is 2. The Morgan fingerprint density at radius 2 is 1.79 bits per heavy atom. The van der Waals surface area contributed by atoms with E-state index in [1.807, 2.05) is 24.3 Å². The molecule has 3 aromatic rings. The molecule has 172 valence electrons. The minimum Gasteiger partial charge on any atom is -0.493 e. The average molecular weight is 497 g/mol. The SMILES string of the molecule is COc1cc([C@H]2C(C#N)=C(N)Oc3cc4c(cc32)OCO4)ccc1OCc1ccc(Cl)c(Cl)c1. The first-order valence-electron chi connectivity index (χ1n) is 10.2. The van der Waals surface area contributed by atoms with Gasteiger partial charge in [-0.05, 0) is 41.5 Å². The number of fused-ring (bicyclic) bond motifs is 2. The van der Waals surface area contributed by atoms with Gasteiger partial charge in [-0.25, -0.2) is 0 Å². The number of hydrogen-bond acceptors (Lipinski definition) is 7. The van der Waals surface area contributed by atoms with E-state index in [1.165, 1.54) is 0 Å². The smallest absolute Gasteiger partial charge is 0.231 e. The zero-order chi connectivity index (χ0) is 23.8. The van der Waals surface area contributed by atoms with Crippen LogP contribution in [-0.2, 0) is 6.61 Å². The van der Waals surface area contributed by atoms with Crippen molar-refractivity contribution in [2.24, 2.45) is 5.73 Å². The maximum absolute atomic E-state index is 9.85. The van der Waals surface area contributed by atoms with Gasteiger partial charge in [-0.3, -0.25) is 0 Å². The lowest BCUT2D eigenvalue weighted by atomic mass is 9.83. The van der Waals surface area contributed by atoms with Gasteiger partial charge >= 0.3 is 0 Å². The van der Waals surface area contributed by atoms with Crippen LogP contribution in [0.5, 0.6) is 28.7 Å². The van der Waals surface area contributed by atoms with E-state index < -0.39 is 5.92 Å². The molecule has 7 nitrogen and oxygen atoms in total. The molecule has 3 aromatic carbocycles. The number of methoxy groups -OCH3 is 1. The van der Waals surface area contributed by atoms with Crippen molar-refractivity contribution in [3.05, 3.63) is 86.7 Å². The Bertz CT molecular complexity index is 1370. The van der Waals surface area contributed by atoms with Crippen LogP contribution in [0.2, 0.25) is 10.0 Å². The van der Waals surface area contributed by atoms with Crippen molar-refractivity contribution in [1.29, 1.82) is 5.26 Å². The van der Waals surface area contributed by atoms with Crippen molar-refractivity contribution in [3.63, 3.8) is 0 Å². The quantitative estimate of drug-likeness (QED) is 0.495. The molecule has 0 aromatic heterocycles. The summed E-state index contributed by atoms with van der Waals surface area (Å²) in [6.07, 6.45) is 0. The number of nitriles is 1. The molecule has 0 saturated carbocycles. The summed E-state index contributed by atoms with van der Waals surface area (Å²) in [5, 5.41) is 10.8. The average Bonchev–Trinajstić information content (AvgIpc) is 3.30. The first-order valence-corrected chi connectivity index (χ1v) is 11.0. The van der Waals surface area contributed by atoms with Gasteiger partial charge < -0.3 is 29.4 Å². The Morgan fingerprint density at radius 3 is 2.53 bits per heavy atom. The van der Waals surface area contributed by atoms with Crippen LogP contribution in [0.1, 0.15) is 22.6 Å². The fourth-order valence-corrected chi connectivity index (χ4v) is 4.28. The van der Waals surface area contributed by atoms with Gasteiger partial charge in [0, 0.05) is 11.6 Å². The number of benzene rings is 3. The third-order valence-electron chi connectivity index (χ3n) is 5.61. The highest BCUT2D eigenvalue weighted by Crippen LogP contribution is 2.48. The van der Waals surface area contributed by atoms with Gasteiger partial charge in [0.1, 0.15) is 24.0 Å². The van der Waals surface area contributed by atoms with Crippen molar-refractivity contribution >= 4 is 23.2 Å². The maximum Gasteiger partial charge on any atom is 0.231 e. The van der Waals surface area contributed by atoms with Gasteiger partial charge in [0.05, 0.1) is 23.1 Å². The van der Waals surface area contributed by atoms with Gasteiger partial charge in [-0.1, -0.05) is 35.3 Å². The zero-order valence-corrected chi connectivity index (χ0v) is 19.4. The molecule has 9 heteroatoms. The highest BCUT2D eigenvalue weighted by Gasteiger charge is 2.33. The highest BCUT2D eigenvalue weighted by molar-refractivity contribution is 6.42. The maximum atomic E-state index is 9.85. The molecule has 2 heterocycles. The Morgan fingerprint density at radius 1 is 1.00 bits per heavy atom. The third kappa shape index (κ3) is 3.92. The first kappa shape index (κ1) is 22.1. The molecular formula is C25H18Cl2N2O5. The Kier molecular flexibility index (Phi) is 5.78. The summed E-state index contributed by atoms with van der Waals surface area (Å²) in [5.74, 6) is 2.24. The predicted octanol–water partition coefficient (Wildman–Crippen LogP) is 5.53. The van der Waals surface area contributed by atoms with Crippen LogP contribution in [0, 0.1) is 11.3 Å². The van der Waals surface area contributed by atoms with Crippen LogP contribution in [-0.4, -0.2) is 13.9 Å². The van der Waals surface area contributed by atoms with Crippen LogP contribution < -0.4 is 29.4 Å². The second kappa shape index (κ2) is 8.90. The summed E-state index contributed by atoms with van der Waals surface area (Å²) >= 11 is 12.1. The van der Waals surface area contributed by atoms with E-state index in [9.17, 15) is 5.26 Å². The lowest BCUT2D eigenvalue weighted by Crippen LogP contribution is -2.21. The Labute approximate surface area is 205 Å². The zero-order valence-electron chi connectivity index (χ0n) is 17.9. The third-order valence-corrected chi connectivity index (χ3v) is 6.35. The summed E-state index contributed by atoms with van der Waals surface area (Å²) in [4.78, 5) is 0. The van der Waals surface area contributed by atoms with Crippen LogP contribution in [0.15, 0.2) is 60.0 Å². The Balaban J connectivity index is 1.50. The highest BCUT2D eigenvalue weighted by atomic mass is 35.5. The summed E-state index contributed by atoms with van der Waals surface area (Å²) in [5.41, 5.74) is 8.76. The standard InChI is InChI=1S/C25H18Cl2N2O5/c1-30-21-7-14(3-5-19(21)31-11-13-2-4-17(26)18(27)6-13)24-15-8-22-23(33-12-32-22)9-20(15)34-25(29)16(24)10-28/h2-9,24H,11-12,29H2,1H3/t24-/m1/s1. The molecule has 2 aliphatic rings. The van der Waals surface area contributed by atoms with E-state index in [0.29, 0.717) is 38.8 Å². The fourth-order valence-electron chi connectivity index (χ4n) is 3.96. The topological polar surface area (TPSA) is 96.0 Å². The van der Waals surface area contributed by atoms with E-state index in [4.69, 9.17) is 52.6 Å². The molecule has 0 radical (unpaired) electrons. The summed E-state index contributed by atoms with van der Waals surface area (Å²) in [7, 11) is 1.55. The summed E-state index contributed by atoms with van der Waals surface area (Å²) < 4.78 is 28.2. The van der Waals surface area contributed by atoms with Gasteiger partial charge in [-0.15, -0.1) is 0 Å². The van der Waals surface area contributed by atoms with Crippen LogP contribution >= 0.6 is 23.2 Å². The van der Waals surface area contributed by atoms with Gasteiger partial charge in [-0.2, -0.15) is 5.26 Å². The largest absolute Gasteiger partial charge is 0.493 e. The number of ether oxygens (including phenoxy) is 5. The lowest BCUT2D eigenvalue weighted by molar-refractivity contribution is 0.174. The summed E-state index contributed by atoms with van der Waals surface area (Å²) in [6.45, 7) is 0.391. The van der Waals surface area contributed by atoms with Crippen molar-refractivity contribution in [3.8, 4) is 34.8 Å². The van der Waals surface area contributed by atoms with Crippen LogP contribution in [0.3, 0.4) is 0 Å². The second-order valence-corrected chi connectivity index (χ2v) is 8.43. The van der Waals surface area contributed by atoms with Crippen LogP contribution in [0.25, 0.3) is 0 Å². The van der Waals surface area contributed by atoms with E-state index >= 15 is 0 Å². The molecule has 1 atom stereocenters. The molecule has 2 N–H and O–H groups in total. The number of hydrogen-bond donors (Lipinski definition) is 1. The van der Waals surface area contributed by atoms with Crippen molar-refractivity contribution in [1.82, 2.24) is 0 Å². The van der Waals surface area contributed by atoms with Crippen molar-refractivity contribution in [2.75, 3.05) is 13.9 Å². The number of rotatable bonds is 5. The molecular weight excluding hydrogens is 479 g/mol. The van der Waals surface area contributed by atoms with Crippen molar-refractivity contribution in [2.45, 2.75) is 12.5 Å². The minimum atomic E-state index is -0.485. The summed E-state index contributed by atoms with van der Waals surface area (Å²) in [6, 6.07) is 16.5. The van der Waals surface area contributed by atoms with Crippen LogP contribution in [0.4, 0.5) is 0 Å². The molecule has 34 heavy (non-hydrogen) atoms. The second-order valence-electron chi connectivity index (χ2n) is 7.62. The van der Waals surface area contributed by atoms with E-state index in [-0.39, 0.29) is 24.9 Å². The number of nitrogens with two attached hydrogens (primary N) is 1. The fraction of sp³-hybridized carbons (Fsp3) is 0.160. The monoisotopic (exact) mass is 496 g/mol. The molecule has 2 aliphatic heterocycles. The minimum absolute atomic E-state index is 0.0396. The molecule has 0 bridgehead atoms. The van der Waals surface area contributed by atoms with E-state index in [0.717, 1.165) is 16.7 Å². The number of allylic oxidation sites excluding steroid dienone is 1. The molecule has 0 aliphatic carbocycles. The normalized spacial score (nSPS) is 15.9. The van der Waals surface area contributed by atoms with E-state index in [2.05, 4.69) is 6.07 Å². The molecule has 0 amide bonds. The first-order chi connectivity index (χ1) is 16.5. The van der Waals surface area contributed by atoms with Gasteiger partial charge in [0.2, 0.25) is 12.7 Å². The molecule has 0 spiro atoms.